The summed E-state index contributed by atoms with van der Waals surface area (Å²) in [4.78, 5) is 4.36. The van der Waals surface area contributed by atoms with Crippen LogP contribution in [0.4, 0.5) is 0 Å². The van der Waals surface area contributed by atoms with Gasteiger partial charge in [-0.3, -0.25) is 4.57 Å². The number of benzene rings is 2. The van der Waals surface area contributed by atoms with Gasteiger partial charge < -0.3 is 5.11 Å². The number of aliphatic hydroxyl groups is 1. The fourth-order valence-corrected chi connectivity index (χ4v) is 2.55. The number of imidazole rings is 1. The van der Waals surface area contributed by atoms with Gasteiger partial charge in [-0.15, -0.1) is 0 Å². The average molecular weight is 302 g/mol. The third kappa shape index (κ3) is 3.03. The van der Waals surface area contributed by atoms with Gasteiger partial charge in [-0.1, -0.05) is 55.5 Å². The highest BCUT2D eigenvalue weighted by Gasteiger charge is 2.33. The molecule has 0 aliphatic carbocycles. The lowest BCUT2D eigenvalue weighted by Gasteiger charge is -2.26. The first-order valence-corrected chi connectivity index (χ1v) is 7.63. The summed E-state index contributed by atoms with van der Waals surface area (Å²) in [5, 5.41) is 11.2. The second-order valence-electron chi connectivity index (χ2n) is 5.30. The highest BCUT2D eigenvalue weighted by molar-refractivity contribution is 5.36. The zero-order chi connectivity index (χ0) is 16.1. The number of aromatic nitrogens is 2. The number of hydrogen-bond donors (Lipinski definition) is 1. The van der Waals surface area contributed by atoms with E-state index in [4.69, 9.17) is 0 Å². The van der Waals surface area contributed by atoms with Gasteiger partial charge in [0.1, 0.15) is 5.60 Å². The first-order chi connectivity index (χ1) is 11.2. The van der Waals surface area contributed by atoms with Crippen molar-refractivity contribution in [1.82, 2.24) is 9.55 Å². The predicted molar refractivity (Wildman–Crippen MR) is 90.7 cm³/mol. The standard InChI is InChI=1S/C20H18N2O/c1-2-20(23,18-11-7-4-8-12-18)19-21-14-16-22(19)15-13-17-9-5-3-6-10-17/h3-12,14,16,23H,2H2,1H3. The molecule has 1 atom stereocenters. The van der Waals surface area contributed by atoms with E-state index in [1.54, 1.807) is 17.0 Å². The maximum absolute atomic E-state index is 11.2. The van der Waals surface area contributed by atoms with Gasteiger partial charge in [0, 0.05) is 24.0 Å². The molecule has 0 spiro atoms. The van der Waals surface area contributed by atoms with Crippen molar-refractivity contribution in [2.75, 3.05) is 0 Å². The molecule has 0 amide bonds. The number of hydrogen-bond acceptors (Lipinski definition) is 2. The van der Waals surface area contributed by atoms with Crippen molar-refractivity contribution in [3.63, 3.8) is 0 Å². The fourth-order valence-electron chi connectivity index (χ4n) is 2.55. The average Bonchev–Trinajstić information content (AvgIpc) is 3.10. The molecule has 3 rings (SSSR count). The molecule has 114 valence electrons. The van der Waals surface area contributed by atoms with Gasteiger partial charge in [0.15, 0.2) is 5.82 Å². The Bertz CT molecular complexity index is 828. The van der Waals surface area contributed by atoms with Crippen LogP contribution in [0.1, 0.15) is 30.3 Å². The molecule has 0 bridgehead atoms. The molecule has 23 heavy (non-hydrogen) atoms. The molecular weight excluding hydrogens is 284 g/mol. The van der Waals surface area contributed by atoms with E-state index in [0.29, 0.717) is 12.2 Å². The van der Waals surface area contributed by atoms with E-state index in [1.807, 2.05) is 67.6 Å². The molecule has 0 aliphatic rings. The Hall–Kier alpha value is -2.83. The molecular formula is C20H18N2O. The Kier molecular flexibility index (Phi) is 4.27. The Balaban J connectivity index is 2.02. The fraction of sp³-hybridized carbons (Fsp3) is 0.150. The zero-order valence-electron chi connectivity index (χ0n) is 13.0. The highest BCUT2D eigenvalue weighted by Crippen LogP contribution is 2.31. The van der Waals surface area contributed by atoms with Crippen molar-refractivity contribution in [3.05, 3.63) is 90.0 Å². The van der Waals surface area contributed by atoms with Crippen molar-refractivity contribution in [3.8, 4) is 12.0 Å². The maximum atomic E-state index is 11.2. The van der Waals surface area contributed by atoms with Crippen LogP contribution in [-0.2, 0) is 5.60 Å². The summed E-state index contributed by atoms with van der Waals surface area (Å²) in [6, 6.07) is 22.4. The predicted octanol–water partition coefficient (Wildman–Crippen LogP) is 3.39. The third-order valence-electron chi connectivity index (χ3n) is 3.87. The van der Waals surface area contributed by atoms with E-state index in [-0.39, 0.29) is 0 Å². The lowest BCUT2D eigenvalue weighted by Crippen LogP contribution is -2.29. The Labute approximate surface area is 136 Å². The molecule has 1 N–H and O–H groups in total. The minimum Gasteiger partial charge on any atom is -0.377 e. The molecule has 0 radical (unpaired) electrons. The molecule has 1 heterocycles. The van der Waals surface area contributed by atoms with Gasteiger partial charge in [-0.2, -0.15) is 0 Å². The van der Waals surface area contributed by atoms with Gasteiger partial charge in [-0.05, 0) is 30.0 Å². The van der Waals surface area contributed by atoms with Crippen LogP contribution >= 0.6 is 0 Å². The van der Waals surface area contributed by atoms with Gasteiger partial charge in [0.05, 0.1) is 0 Å². The highest BCUT2D eigenvalue weighted by atomic mass is 16.3. The summed E-state index contributed by atoms with van der Waals surface area (Å²) >= 11 is 0. The molecule has 0 aliphatic heterocycles. The van der Waals surface area contributed by atoms with Crippen LogP contribution in [0.2, 0.25) is 0 Å². The third-order valence-corrected chi connectivity index (χ3v) is 3.87. The summed E-state index contributed by atoms with van der Waals surface area (Å²) in [7, 11) is 0. The molecule has 0 saturated carbocycles. The molecule has 2 aromatic carbocycles. The Morgan fingerprint density at radius 2 is 1.70 bits per heavy atom. The molecule has 3 aromatic rings. The first kappa shape index (κ1) is 15.1. The quantitative estimate of drug-likeness (QED) is 0.753. The molecule has 1 unspecified atom stereocenters. The minimum absolute atomic E-state index is 0.515. The van der Waals surface area contributed by atoms with Crippen LogP contribution in [-0.4, -0.2) is 14.7 Å². The Morgan fingerprint density at radius 3 is 2.35 bits per heavy atom. The second-order valence-corrected chi connectivity index (χ2v) is 5.30. The number of nitrogens with zero attached hydrogens (tertiary/aromatic N) is 2. The summed E-state index contributed by atoms with van der Waals surface area (Å²) in [6.45, 7) is 1.94. The first-order valence-electron chi connectivity index (χ1n) is 7.63. The van der Waals surface area contributed by atoms with Crippen molar-refractivity contribution in [2.24, 2.45) is 0 Å². The van der Waals surface area contributed by atoms with Crippen LogP contribution in [0.3, 0.4) is 0 Å². The van der Waals surface area contributed by atoms with Crippen molar-refractivity contribution in [1.29, 1.82) is 0 Å². The smallest absolute Gasteiger partial charge is 0.157 e. The van der Waals surface area contributed by atoms with Gasteiger partial charge in [-0.25, -0.2) is 4.98 Å². The normalized spacial score (nSPS) is 13.0. The van der Waals surface area contributed by atoms with Gasteiger partial charge in [0.2, 0.25) is 0 Å². The van der Waals surface area contributed by atoms with Crippen LogP contribution in [0.25, 0.3) is 0 Å². The molecule has 1 aromatic heterocycles. The van der Waals surface area contributed by atoms with E-state index in [2.05, 4.69) is 16.9 Å². The van der Waals surface area contributed by atoms with Crippen LogP contribution in [0.15, 0.2) is 73.1 Å². The van der Waals surface area contributed by atoms with E-state index in [1.165, 1.54) is 0 Å². The number of rotatable bonds is 3. The van der Waals surface area contributed by atoms with Crippen LogP contribution in [0.5, 0.6) is 0 Å². The van der Waals surface area contributed by atoms with Gasteiger partial charge >= 0.3 is 0 Å². The SMILES string of the molecule is CCC(O)(c1ccccc1)c1nccn1C#Cc1ccccc1. The van der Waals surface area contributed by atoms with E-state index >= 15 is 0 Å². The zero-order valence-corrected chi connectivity index (χ0v) is 13.0. The summed E-state index contributed by atoms with van der Waals surface area (Å²) in [5.41, 5.74) is 0.583. The summed E-state index contributed by atoms with van der Waals surface area (Å²) < 4.78 is 1.70. The van der Waals surface area contributed by atoms with Gasteiger partial charge in [0.25, 0.3) is 0 Å². The summed E-state index contributed by atoms with van der Waals surface area (Å²) in [6.07, 6.45) is 3.95. The monoisotopic (exact) mass is 302 g/mol. The van der Waals surface area contributed by atoms with Crippen molar-refractivity contribution < 1.29 is 5.11 Å². The summed E-state index contributed by atoms with van der Waals surface area (Å²) in [5.74, 6) is 3.63. The topological polar surface area (TPSA) is 38.1 Å². The van der Waals surface area contributed by atoms with Crippen molar-refractivity contribution in [2.45, 2.75) is 18.9 Å². The molecule has 0 saturated heterocycles. The minimum atomic E-state index is -1.16. The van der Waals surface area contributed by atoms with Crippen molar-refractivity contribution >= 4 is 0 Å². The van der Waals surface area contributed by atoms with E-state index in [9.17, 15) is 5.11 Å². The second kappa shape index (κ2) is 6.51. The molecule has 0 fully saturated rings. The van der Waals surface area contributed by atoms with Crippen LogP contribution < -0.4 is 0 Å². The Morgan fingerprint density at radius 1 is 1.04 bits per heavy atom. The largest absolute Gasteiger partial charge is 0.377 e. The molecule has 3 nitrogen and oxygen atoms in total. The molecule has 3 heteroatoms. The van der Waals surface area contributed by atoms with E-state index in [0.717, 1.165) is 11.1 Å². The lowest BCUT2D eigenvalue weighted by atomic mass is 9.90. The maximum Gasteiger partial charge on any atom is 0.157 e. The van der Waals surface area contributed by atoms with Crippen LogP contribution in [0, 0.1) is 12.0 Å². The van der Waals surface area contributed by atoms with E-state index < -0.39 is 5.60 Å². The lowest BCUT2D eigenvalue weighted by molar-refractivity contribution is 0.0657.